The van der Waals surface area contributed by atoms with Gasteiger partial charge in [-0.05, 0) is 12.1 Å². The van der Waals surface area contributed by atoms with E-state index in [1.807, 2.05) is 0 Å². The normalized spacial score (nSPS) is 14.9. The van der Waals surface area contributed by atoms with Crippen LogP contribution in [0, 0.1) is 0 Å². The monoisotopic (exact) mass is 275 g/mol. The number of alkyl halides is 3. The van der Waals surface area contributed by atoms with Crippen LogP contribution in [0.25, 0.3) is 0 Å². The highest BCUT2D eigenvalue weighted by Gasteiger charge is 2.44. The van der Waals surface area contributed by atoms with Crippen molar-refractivity contribution in [3.8, 4) is 0 Å². The number of rotatable bonds is 0. The van der Waals surface area contributed by atoms with Crippen LogP contribution in [-0.2, 0) is 0 Å². The molecule has 0 radical (unpaired) electrons. The summed E-state index contributed by atoms with van der Waals surface area (Å²) in [6, 6.07) is 5.46. The molecule has 2 rings (SSSR count). The van der Waals surface area contributed by atoms with E-state index in [-0.39, 0.29) is 16.0 Å². The van der Waals surface area contributed by atoms with E-state index < -0.39 is 34.3 Å². The molecule has 0 spiro atoms. The number of thioether (sulfide) groups is 1. The number of carbonyl (C=O) groups is 3. The van der Waals surface area contributed by atoms with Gasteiger partial charge < -0.3 is 0 Å². The Morgan fingerprint density at radius 2 is 1.50 bits per heavy atom. The van der Waals surface area contributed by atoms with Gasteiger partial charge in [-0.25, -0.2) is 4.90 Å². The van der Waals surface area contributed by atoms with Gasteiger partial charge in [-0.3, -0.25) is 14.4 Å². The zero-order valence-electron chi connectivity index (χ0n) is 8.52. The van der Waals surface area contributed by atoms with Gasteiger partial charge in [-0.15, -0.1) is 0 Å². The maximum atomic E-state index is 12.0. The van der Waals surface area contributed by atoms with Crippen molar-refractivity contribution in [2.75, 3.05) is 0 Å². The Labute approximate surface area is 103 Å². The second kappa shape index (κ2) is 4.13. The third-order valence-corrected chi connectivity index (χ3v) is 2.77. The molecule has 0 saturated carbocycles. The van der Waals surface area contributed by atoms with Gasteiger partial charge in [0.05, 0.1) is 11.1 Å². The van der Waals surface area contributed by atoms with Crippen molar-refractivity contribution < 1.29 is 27.6 Å². The third kappa shape index (κ3) is 2.10. The Bertz CT molecular complexity index is 521. The van der Waals surface area contributed by atoms with E-state index in [2.05, 4.69) is 0 Å². The van der Waals surface area contributed by atoms with Crippen molar-refractivity contribution >= 4 is 28.8 Å². The molecule has 0 bridgehead atoms. The average molecular weight is 275 g/mol. The summed E-state index contributed by atoms with van der Waals surface area (Å²) in [7, 11) is 0. The molecule has 0 saturated heterocycles. The molecule has 1 aromatic rings. The summed E-state index contributed by atoms with van der Waals surface area (Å²) in [6.07, 6.45) is 0. The maximum absolute atomic E-state index is 12.0. The molecular weight excluding hydrogens is 271 g/mol. The third-order valence-electron chi connectivity index (χ3n) is 2.18. The Balaban J connectivity index is 2.32. The maximum Gasteiger partial charge on any atom is 0.450 e. The van der Waals surface area contributed by atoms with E-state index in [1.165, 1.54) is 24.3 Å². The van der Waals surface area contributed by atoms with Crippen LogP contribution in [0.3, 0.4) is 0 Å². The van der Waals surface area contributed by atoms with Crippen molar-refractivity contribution in [2.24, 2.45) is 0 Å². The van der Waals surface area contributed by atoms with Crippen LogP contribution < -0.4 is 0 Å². The molecule has 0 aromatic heterocycles. The zero-order valence-corrected chi connectivity index (χ0v) is 9.34. The van der Waals surface area contributed by atoms with Crippen molar-refractivity contribution in [3.63, 3.8) is 0 Å². The number of nitrogens with zero attached hydrogens (tertiary/aromatic N) is 1. The molecule has 0 N–H and O–H groups in total. The summed E-state index contributed by atoms with van der Waals surface area (Å²) in [6.45, 7) is 0. The minimum Gasteiger partial charge on any atom is -0.268 e. The van der Waals surface area contributed by atoms with Crippen molar-refractivity contribution in [3.05, 3.63) is 35.4 Å². The van der Waals surface area contributed by atoms with Crippen LogP contribution in [0.2, 0.25) is 0 Å². The van der Waals surface area contributed by atoms with Gasteiger partial charge in [-0.2, -0.15) is 13.2 Å². The molecule has 0 unspecified atom stereocenters. The lowest BCUT2D eigenvalue weighted by Gasteiger charge is -2.11. The standard InChI is InChI=1S/C10H4F3NO3S/c11-10(12,13)18-9(17)14-7(15)5-3-1-2-4-6(5)8(14)16/h1-4H. The van der Waals surface area contributed by atoms with Crippen LogP contribution in [0.5, 0.6) is 0 Å². The van der Waals surface area contributed by atoms with Crippen LogP contribution >= 0.6 is 11.8 Å². The van der Waals surface area contributed by atoms with Crippen LogP contribution in [0.1, 0.15) is 20.7 Å². The SMILES string of the molecule is O=C(SC(F)(F)F)N1C(=O)c2ccccc2C1=O. The van der Waals surface area contributed by atoms with Gasteiger partial charge in [-0.1, -0.05) is 12.1 Å². The molecule has 1 heterocycles. The molecule has 8 heteroatoms. The molecule has 0 atom stereocenters. The first-order valence-corrected chi connectivity index (χ1v) is 5.40. The van der Waals surface area contributed by atoms with Gasteiger partial charge in [0.2, 0.25) is 0 Å². The van der Waals surface area contributed by atoms with E-state index in [0.29, 0.717) is 0 Å². The summed E-state index contributed by atoms with van der Waals surface area (Å²) in [4.78, 5) is 34.6. The quantitative estimate of drug-likeness (QED) is 0.683. The molecule has 18 heavy (non-hydrogen) atoms. The Kier molecular flexibility index (Phi) is 2.89. The highest BCUT2D eigenvalue weighted by atomic mass is 32.2. The largest absolute Gasteiger partial charge is 0.450 e. The van der Waals surface area contributed by atoms with Crippen molar-refractivity contribution in [2.45, 2.75) is 5.51 Å². The predicted octanol–water partition coefficient (Wildman–Crippen LogP) is 2.66. The molecule has 1 aliphatic rings. The van der Waals surface area contributed by atoms with Crippen molar-refractivity contribution in [1.29, 1.82) is 0 Å². The average Bonchev–Trinajstić information content (AvgIpc) is 2.50. The van der Waals surface area contributed by atoms with Crippen molar-refractivity contribution in [1.82, 2.24) is 4.90 Å². The Morgan fingerprint density at radius 3 is 1.89 bits per heavy atom. The lowest BCUT2D eigenvalue weighted by Crippen LogP contribution is -2.34. The fraction of sp³-hybridized carbons (Fsp3) is 0.100. The van der Waals surface area contributed by atoms with Gasteiger partial charge in [0, 0.05) is 11.8 Å². The first-order valence-electron chi connectivity index (χ1n) is 4.59. The Hall–Kier alpha value is -1.83. The second-order valence-electron chi connectivity index (χ2n) is 3.31. The smallest absolute Gasteiger partial charge is 0.268 e. The number of fused-ring (bicyclic) bond motifs is 1. The van der Waals surface area contributed by atoms with Gasteiger partial charge in [0.15, 0.2) is 0 Å². The van der Waals surface area contributed by atoms with Gasteiger partial charge in [0.25, 0.3) is 11.8 Å². The molecule has 0 aliphatic carbocycles. The van der Waals surface area contributed by atoms with Crippen LogP contribution in [-0.4, -0.2) is 27.5 Å². The first-order chi connectivity index (χ1) is 8.31. The number of halogens is 3. The highest BCUT2D eigenvalue weighted by Crippen LogP contribution is 2.35. The van der Waals surface area contributed by atoms with Gasteiger partial charge in [0.1, 0.15) is 0 Å². The minimum atomic E-state index is -4.84. The van der Waals surface area contributed by atoms with Crippen LogP contribution in [0.4, 0.5) is 18.0 Å². The summed E-state index contributed by atoms with van der Waals surface area (Å²) >= 11 is -1.02. The fourth-order valence-corrected chi connectivity index (χ4v) is 1.95. The number of carbonyl (C=O) groups excluding carboxylic acids is 3. The number of hydrogen-bond donors (Lipinski definition) is 0. The summed E-state index contributed by atoms with van der Waals surface area (Å²) in [5.41, 5.74) is -4.98. The van der Waals surface area contributed by atoms with Gasteiger partial charge >= 0.3 is 10.7 Å². The molecule has 4 nitrogen and oxygen atoms in total. The molecule has 1 aromatic carbocycles. The molecule has 1 aliphatic heterocycles. The lowest BCUT2D eigenvalue weighted by molar-refractivity contribution is -0.0320. The zero-order chi connectivity index (χ0) is 13.5. The summed E-state index contributed by atoms with van der Waals surface area (Å²) in [5, 5.41) is -1.64. The fourth-order valence-electron chi connectivity index (χ4n) is 1.50. The Morgan fingerprint density at radius 1 is 1.06 bits per heavy atom. The lowest BCUT2D eigenvalue weighted by atomic mass is 10.1. The number of imide groups is 3. The number of benzene rings is 1. The topological polar surface area (TPSA) is 54.5 Å². The molecule has 3 amide bonds. The first kappa shape index (κ1) is 12.6. The molecular formula is C10H4F3NO3S. The van der Waals surface area contributed by atoms with E-state index in [0.717, 1.165) is 0 Å². The minimum absolute atomic E-state index is 0.00280. The number of amides is 3. The number of hydrogen-bond acceptors (Lipinski definition) is 4. The highest BCUT2D eigenvalue weighted by molar-refractivity contribution is 8.14. The molecule has 0 fully saturated rings. The van der Waals surface area contributed by atoms with E-state index in [4.69, 9.17) is 0 Å². The summed E-state index contributed by atoms with van der Waals surface area (Å²) < 4.78 is 36.1. The summed E-state index contributed by atoms with van der Waals surface area (Å²) in [5.74, 6) is -2.06. The van der Waals surface area contributed by atoms with Crippen LogP contribution in [0.15, 0.2) is 24.3 Å². The van der Waals surface area contributed by atoms with E-state index in [1.54, 1.807) is 0 Å². The predicted molar refractivity (Wildman–Crippen MR) is 56.0 cm³/mol. The van der Waals surface area contributed by atoms with E-state index in [9.17, 15) is 27.6 Å². The molecule has 94 valence electrons. The van der Waals surface area contributed by atoms with E-state index >= 15 is 0 Å². The second-order valence-corrected chi connectivity index (χ2v) is 4.32.